The van der Waals surface area contributed by atoms with Gasteiger partial charge in [-0.05, 0) is 30.5 Å². The Hall–Kier alpha value is -3.42. The molecule has 0 aliphatic carbocycles. The highest BCUT2D eigenvalue weighted by molar-refractivity contribution is 5.84. The van der Waals surface area contributed by atoms with Crippen LogP contribution in [0.2, 0.25) is 0 Å². The van der Waals surface area contributed by atoms with Crippen molar-refractivity contribution in [3.8, 4) is 11.5 Å². The van der Waals surface area contributed by atoms with Crippen molar-refractivity contribution in [2.45, 2.75) is 49.1 Å². The molecule has 1 rings (SSSR count). The van der Waals surface area contributed by atoms with Crippen molar-refractivity contribution in [2.75, 3.05) is 6.54 Å². The fourth-order valence-electron chi connectivity index (χ4n) is 2.17. The zero-order valence-electron chi connectivity index (χ0n) is 18.1. The zero-order valence-corrected chi connectivity index (χ0v) is 18.1. The number of hydrogen-bond donors (Lipinski definition) is 1. The van der Waals surface area contributed by atoms with Crippen molar-refractivity contribution in [2.24, 2.45) is 0 Å². The molecule has 6 nitrogen and oxygen atoms in total. The van der Waals surface area contributed by atoms with E-state index in [1.807, 2.05) is 0 Å². The first-order valence-electron chi connectivity index (χ1n) is 9.46. The van der Waals surface area contributed by atoms with Crippen LogP contribution in [0.25, 0.3) is 0 Å². The molecule has 0 aromatic heterocycles. The van der Waals surface area contributed by atoms with Gasteiger partial charge >= 0.3 is 48.2 Å². The van der Waals surface area contributed by atoms with Crippen LogP contribution in [0.1, 0.15) is 12.0 Å². The first-order valence-corrected chi connectivity index (χ1v) is 9.46. The van der Waals surface area contributed by atoms with E-state index in [9.17, 15) is 80.2 Å². The van der Waals surface area contributed by atoms with Gasteiger partial charge in [-0.3, -0.25) is 4.79 Å². The normalized spacial score (nSPS) is 13.6. The summed E-state index contributed by atoms with van der Waals surface area (Å²) in [6.45, 7) is -0.944. The van der Waals surface area contributed by atoms with Gasteiger partial charge < -0.3 is 14.8 Å². The van der Waals surface area contributed by atoms with Crippen molar-refractivity contribution in [1.29, 1.82) is 0 Å². The lowest BCUT2D eigenvalue weighted by Gasteiger charge is -2.21. The molecule has 39 heavy (non-hydrogen) atoms. The molecular formula is C18H10F15NO5. The minimum Gasteiger partial charge on any atom is -0.418 e. The van der Waals surface area contributed by atoms with E-state index in [2.05, 4.69) is 9.47 Å². The van der Waals surface area contributed by atoms with Crippen LogP contribution < -0.4 is 14.8 Å². The molecule has 0 aliphatic rings. The number of ether oxygens (including phenoxy) is 2. The van der Waals surface area contributed by atoms with Gasteiger partial charge in [0.2, 0.25) is 0 Å². The minimum atomic E-state index is -6.58. The van der Waals surface area contributed by atoms with Crippen molar-refractivity contribution < 1.29 is 89.7 Å². The number of nitrogens with one attached hydrogen (secondary N) is 1. The minimum absolute atomic E-state index is 0.199. The van der Waals surface area contributed by atoms with Gasteiger partial charge in [0.1, 0.15) is 0 Å². The molecule has 21 heteroatoms. The van der Waals surface area contributed by atoms with E-state index >= 15 is 0 Å². The van der Waals surface area contributed by atoms with Crippen LogP contribution in [-0.2, 0) is 20.8 Å². The maximum atomic E-state index is 13.2. The molecule has 0 aliphatic heterocycles. The lowest BCUT2D eigenvalue weighted by atomic mass is 10.1. The summed E-state index contributed by atoms with van der Waals surface area (Å²) in [6.07, 6.45) is -20.6. The number of hydrogen-bond acceptors (Lipinski definition) is 5. The number of rotatable bonds is 9. The molecule has 0 fully saturated rings. The second kappa shape index (κ2) is 11.0. The smallest absolute Gasteiger partial charge is 0.418 e. The van der Waals surface area contributed by atoms with Crippen LogP contribution in [-0.4, -0.2) is 60.7 Å². The highest BCUT2D eigenvalue weighted by atomic mass is 19.4. The highest BCUT2D eigenvalue weighted by Gasteiger charge is 2.66. The summed E-state index contributed by atoms with van der Waals surface area (Å²) in [4.78, 5) is 33.6. The lowest BCUT2D eigenvalue weighted by Crippen LogP contribution is -2.50. The fraction of sp³-hybridized carbons (Fsp3) is 0.500. The molecule has 0 unspecified atom stereocenters. The quantitative estimate of drug-likeness (QED) is 0.183. The molecule has 222 valence electrons. The number of alkyl halides is 15. The van der Waals surface area contributed by atoms with Gasteiger partial charge in [0, 0.05) is 6.54 Å². The monoisotopic (exact) mass is 605 g/mol. The van der Waals surface area contributed by atoms with Gasteiger partial charge in [-0.15, -0.1) is 0 Å². The van der Waals surface area contributed by atoms with Crippen LogP contribution in [0.15, 0.2) is 18.2 Å². The van der Waals surface area contributed by atoms with E-state index in [1.54, 1.807) is 0 Å². The Kier molecular flexibility index (Phi) is 9.47. The number of amides is 1. The largest absolute Gasteiger partial charge is 0.465 e. The summed E-state index contributed by atoms with van der Waals surface area (Å²) in [5.41, 5.74) is -0.424. The molecule has 1 aromatic carbocycles. The Balaban J connectivity index is 3.19. The number of carbonyl (C=O) groups excluding carboxylic acids is 3. The Morgan fingerprint density at radius 1 is 0.615 bits per heavy atom. The first-order chi connectivity index (χ1) is 17.3. The summed E-state index contributed by atoms with van der Waals surface area (Å²) < 4.78 is 196. The summed E-state index contributed by atoms with van der Waals surface area (Å²) >= 11 is 0. The van der Waals surface area contributed by atoms with E-state index in [4.69, 9.17) is 0 Å². The third-order valence-electron chi connectivity index (χ3n) is 4.21. The molecule has 0 atom stereocenters. The highest BCUT2D eigenvalue weighted by Crippen LogP contribution is 2.41. The molecule has 0 saturated carbocycles. The summed E-state index contributed by atoms with van der Waals surface area (Å²) in [5, 5.41) is 1.17. The Labute approximate surface area is 205 Å². The third-order valence-corrected chi connectivity index (χ3v) is 4.21. The van der Waals surface area contributed by atoms with Crippen LogP contribution in [0.4, 0.5) is 65.9 Å². The van der Waals surface area contributed by atoms with E-state index in [-0.39, 0.29) is 12.1 Å². The maximum Gasteiger partial charge on any atom is 0.465 e. The van der Waals surface area contributed by atoms with Crippen LogP contribution in [0, 0.1) is 0 Å². The van der Waals surface area contributed by atoms with Gasteiger partial charge in [-0.1, -0.05) is 6.07 Å². The molecule has 1 aromatic rings. The van der Waals surface area contributed by atoms with Crippen LogP contribution in [0.5, 0.6) is 11.5 Å². The number of carbonyl (C=O) groups is 3. The van der Waals surface area contributed by atoms with E-state index < -0.39 is 90.6 Å². The van der Waals surface area contributed by atoms with Gasteiger partial charge in [-0.25, -0.2) is 9.59 Å². The van der Waals surface area contributed by atoms with E-state index in [1.165, 1.54) is 5.32 Å². The number of halogens is 15. The molecule has 0 bridgehead atoms. The van der Waals surface area contributed by atoms with Crippen LogP contribution >= 0.6 is 0 Å². The fourth-order valence-corrected chi connectivity index (χ4v) is 2.17. The Morgan fingerprint density at radius 3 is 1.44 bits per heavy atom. The average Bonchev–Trinajstić information content (AvgIpc) is 2.75. The van der Waals surface area contributed by atoms with Crippen molar-refractivity contribution >= 4 is 17.8 Å². The van der Waals surface area contributed by atoms with Crippen molar-refractivity contribution in [1.82, 2.24) is 5.32 Å². The van der Waals surface area contributed by atoms with E-state index in [0.717, 1.165) is 0 Å². The lowest BCUT2D eigenvalue weighted by molar-refractivity contribution is -0.277. The topological polar surface area (TPSA) is 81.7 Å². The second-order valence-electron chi connectivity index (χ2n) is 7.14. The number of esters is 2. The molecular weight excluding hydrogens is 595 g/mol. The molecule has 0 spiro atoms. The van der Waals surface area contributed by atoms with E-state index in [0.29, 0.717) is 6.07 Å². The molecule has 1 amide bonds. The van der Waals surface area contributed by atoms with Crippen molar-refractivity contribution in [3.63, 3.8) is 0 Å². The van der Waals surface area contributed by atoms with Gasteiger partial charge in [-0.2, -0.15) is 65.9 Å². The Bertz CT molecular complexity index is 1080. The molecule has 0 saturated heterocycles. The molecule has 0 radical (unpaired) electrons. The Morgan fingerprint density at radius 2 is 1.03 bits per heavy atom. The summed E-state index contributed by atoms with van der Waals surface area (Å²) in [6, 6.07) is 1.02. The van der Waals surface area contributed by atoms with Gasteiger partial charge in [0.25, 0.3) is 5.91 Å². The van der Waals surface area contributed by atoms with Crippen LogP contribution in [0.3, 0.4) is 0 Å². The molecule has 1 N–H and O–H groups in total. The average molecular weight is 605 g/mol. The predicted molar refractivity (Wildman–Crippen MR) is 92.0 cm³/mol. The molecule has 0 heterocycles. The number of aryl methyl sites for hydroxylation is 1. The standard InChI is InChI=1S/C18H10F15NO5/c19-13(20,16(25,26)27)10(35)34-5-1-2-7-3-4-8(38-11(36)14(21,22)17(28,29)30)9(6-7)39-12(37)15(23,24)18(31,32)33/h3-4,6H,1-2,5H2,(H,34,35). The maximum absolute atomic E-state index is 13.2. The summed E-state index contributed by atoms with van der Waals surface area (Å²) in [5.74, 6) is -31.4. The van der Waals surface area contributed by atoms with Gasteiger partial charge in [0.15, 0.2) is 11.5 Å². The summed E-state index contributed by atoms with van der Waals surface area (Å²) in [7, 11) is 0. The second-order valence-corrected chi connectivity index (χ2v) is 7.14. The van der Waals surface area contributed by atoms with Crippen molar-refractivity contribution in [3.05, 3.63) is 23.8 Å². The predicted octanol–water partition coefficient (Wildman–Crippen LogP) is 5.14. The SMILES string of the molecule is O=C(NCCCc1ccc(OC(=O)C(F)(F)C(F)(F)F)c(OC(=O)C(F)(F)C(F)(F)F)c1)C(F)(F)C(F)(F)F. The number of benzene rings is 1. The zero-order chi connectivity index (χ0) is 30.8. The third kappa shape index (κ3) is 7.58. The van der Waals surface area contributed by atoms with Gasteiger partial charge in [0.05, 0.1) is 0 Å². The first kappa shape index (κ1) is 33.6.